The van der Waals surface area contributed by atoms with E-state index in [1.165, 1.54) is 6.08 Å². The van der Waals surface area contributed by atoms with Gasteiger partial charge in [-0.3, -0.25) is 4.79 Å². The Kier molecular flexibility index (Phi) is 5.41. The zero-order chi connectivity index (χ0) is 18.9. The summed E-state index contributed by atoms with van der Waals surface area (Å²) in [6.45, 7) is 1.79. The maximum atomic E-state index is 12.2. The molecule has 0 bridgehead atoms. The van der Waals surface area contributed by atoms with Crippen molar-refractivity contribution in [1.29, 1.82) is 0 Å². The van der Waals surface area contributed by atoms with Gasteiger partial charge in [0.05, 0.1) is 23.2 Å². The van der Waals surface area contributed by atoms with Crippen LogP contribution in [0, 0.1) is 6.92 Å². The number of hydrogen-bond donors (Lipinski definition) is 1. The lowest BCUT2D eigenvalue weighted by Gasteiger charge is -2.13. The summed E-state index contributed by atoms with van der Waals surface area (Å²) in [5.41, 5.74) is 1.37. The van der Waals surface area contributed by atoms with E-state index in [-0.39, 0.29) is 23.5 Å². The minimum atomic E-state index is -3.05. The van der Waals surface area contributed by atoms with E-state index in [2.05, 4.69) is 10.4 Å². The van der Waals surface area contributed by atoms with Gasteiger partial charge in [-0.1, -0.05) is 29.3 Å². The summed E-state index contributed by atoms with van der Waals surface area (Å²) in [4.78, 5) is 12.2. The van der Waals surface area contributed by atoms with Crippen molar-refractivity contribution in [3.05, 3.63) is 51.6 Å². The molecule has 1 N–H and O–H groups in total. The van der Waals surface area contributed by atoms with Crippen LogP contribution in [0.1, 0.15) is 23.7 Å². The summed E-state index contributed by atoms with van der Waals surface area (Å²) in [5, 5.41) is 8.04. The van der Waals surface area contributed by atoms with Crippen molar-refractivity contribution in [2.45, 2.75) is 19.4 Å². The fourth-order valence-electron chi connectivity index (χ4n) is 2.83. The molecule has 6 nitrogen and oxygen atoms in total. The number of halogens is 2. The molecule has 1 atom stereocenters. The Bertz CT molecular complexity index is 983. The van der Waals surface area contributed by atoms with Crippen LogP contribution < -0.4 is 5.32 Å². The number of anilines is 1. The molecule has 2 heterocycles. The van der Waals surface area contributed by atoms with Crippen molar-refractivity contribution in [2.24, 2.45) is 0 Å². The Morgan fingerprint density at radius 1 is 1.35 bits per heavy atom. The average molecular weight is 414 g/mol. The first-order chi connectivity index (χ1) is 12.2. The molecular weight excluding hydrogens is 397 g/mol. The van der Waals surface area contributed by atoms with Gasteiger partial charge >= 0.3 is 0 Å². The van der Waals surface area contributed by atoms with Crippen LogP contribution in [0.15, 0.2) is 30.3 Å². The molecule has 0 saturated carbocycles. The summed E-state index contributed by atoms with van der Waals surface area (Å²) in [6, 6.07) is 6.45. The number of carbonyl (C=O) groups excluding carboxylic acids is 1. The van der Waals surface area contributed by atoms with Crippen LogP contribution in [0.2, 0.25) is 10.0 Å². The molecule has 1 amide bonds. The standard InChI is InChI=1S/C17H17Cl2N3O3S/c1-11-8-16(22(21-11)14-6-7-26(24,25)10-14)20-17(23)5-3-12-2-4-13(18)9-15(12)19/h2-5,8-9,14H,6-7,10H2,1H3,(H,20,23)/b5-3+. The lowest BCUT2D eigenvalue weighted by atomic mass is 10.2. The fraction of sp³-hybridized carbons (Fsp3) is 0.294. The topological polar surface area (TPSA) is 81.1 Å². The van der Waals surface area contributed by atoms with E-state index in [0.29, 0.717) is 33.5 Å². The van der Waals surface area contributed by atoms with Crippen molar-refractivity contribution < 1.29 is 13.2 Å². The number of nitrogens with zero attached hydrogens (tertiary/aromatic N) is 2. The molecule has 1 unspecified atom stereocenters. The molecule has 1 aromatic carbocycles. The minimum absolute atomic E-state index is 0.0349. The monoisotopic (exact) mass is 413 g/mol. The second kappa shape index (κ2) is 7.42. The van der Waals surface area contributed by atoms with E-state index in [9.17, 15) is 13.2 Å². The van der Waals surface area contributed by atoms with E-state index in [4.69, 9.17) is 23.2 Å². The minimum Gasteiger partial charge on any atom is -0.307 e. The zero-order valence-electron chi connectivity index (χ0n) is 13.9. The van der Waals surface area contributed by atoms with Gasteiger partial charge in [0, 0.05) is 22.2 Å². The first-order valence-corrected chi connectivity index (χ1v) is 10.5. The van der Waals surface area contributed by atoms with E-state index >= 15 is 0 Å². The van der Waals surface area contributed by atoms with Gasteiger partial charge in [-0.2, -0.15) is 5.10 Å². The highest BCUT2D eigenvalue weighted by Gasteiger charge is 2.31. The molecule has 9 heteroatoms. The fourth-order valence-corrected chi connectivity index (χ4v) is 4.99. The van der Waals surface area contributed by atoms with Crippen LogP contribution in [0.3, 0.4) is 0 Å². The molecule has 1 fully saturated rings. The van der Waals surface area contributed by atoms with Crippen LogP contribution in [0.4, 0.5) is 5.82 Å². The molecule has 1 aromatic heterocycles. The van der Waals surface area contributed by atoms with Gasteiger partial charge in [0.25, 0.3) is 0 Å². The van der Waals surface area contributed by atoms with Crippen molar-refractivity contribution in [1.82, 2.24) is 9.78 Å². The van der Waals surface area contributed by atoms with Gasteiger partial charge in [-0.15, -0.1) is 0 Å². The number of hydrogen-bond acceptors (Lipinski definition) is 4. The second-order valence-electron chi connectivity index (χ2n) is 6.16. The van der Waals surface area contributed by atoms with Crippen LogP contribution in [-0.2, 0) is 14.6 Å². The van der Waals surface area contributed by atoms with E-state index in [0.717, 1.165) is 0 Å². The molecular formula is C17H17Cl2N3O3S. The molecule has 2 aromatic rings. The number of rotatable bonds is 4. The van der Waals surface area contributed by atoms with Crippen molar-refractivity contribution in [2.75, 3.05) is 16.8 Å². The Morgan fingerprint density at radius 3 is 2.77 bits per heavy atom. The van der Waals surface area contributed by atoms with Gasteiger partial charge in [-0.25, -0.2) is 13.1 Å². The first-order valence-electron chi connectivity index (χ1n) is 7.94. The number of nitrogens with one attached hydrogen (secondary N) is 1. The Balaban J connectivity index is 1.75. The summed E-state index contributed by atoms with van der Waals surface area (Å²) in [5.74, 6) is 0.283. The molecule has 1 saturated heterocycles. The highest BCUT2D eigenvalue weighted by molar-refractivity contribution is 7.91. The Hall–Kier alpha value is -1.83. The van der Waals surface area contributed by atoms with Crippen molar-refractivity contribution in [3.8, 4) is 0 Å². The normalized spacial score (nSPS) is 19.1. The third-order valence-corrected chi connectivity index (χ3v) is 6.35. The van der Waals surface area contributed by atoms with E-state index in [1.54, 1.807) is 41.9 Å². The quantitative estimate of drug-likeness (QED) is 0.777. The lowest BCUT2D eigenvalue weighted by Crippen LogP contribution is -2.18. The maximum Gasteiger partial charge on any atom is 0.249 e. The number of amides is 1. The molecule has 1 aliphatic heterocycles. The zero-order valence-corrected chi connectivity index (χ0v) is 16.3. The molecule has 138 valence electrons. The predicted octanol–water partition coefficient (Wildman–Crippen LogP) is 3.51. The molecule has 0 aliphatic carbocycles. The van der Waals surface area contributed by atoms with Crippen LogP contribution in [0.25, 0.3) is 6.08 Å². The SMILES string of the molecule is Cc1cc(NC(=O)/C=C/c2ccc(Cl)cc2Cl)n(C2CCS(=O)(=O)C2)n1. The molecule has 0 spiro atoms. The van der Waals surface area contributed by atoms with Gasteiger partial charge in [-0.05, 0) is 37.1 Å². The largest absolute Gasteiger partial charge is 0.307 e. The summed E-state index contributed by atoms with van der Waals surface area (Å²) < 4.78 is 25.0. The van der Waals surface area contributed by atoms with Crippen LogP contribution in [-0.4, -0.2) is 35.6 Å². The summed E-state index contributed by atoms with van der Waals surface area (Å²) in [6.07, 6.45) is 3.43. The van der Waals surface area contributed by atoms with Gasteiger partial charge in [0.1, 0.15) is 5.82 Å². The number of aromatic nitrogens is 2. The first kappa shape index (κ1) is 18.9. The lowest BCUT2D eigenvalue weighted by molar-refractivity contribution is -0.111. The number of benzene rings is 1. The van der Waals surface area contributed by atoms with Crippen LogP contribution >= 0.6 is 23.2 Å². The molecule has 3 rings (SSSR count). The Morgan fingerprint density at radius 2 is 2.12 bits per heavy atom. The molecule has 1 aliphatic rings. The average Bonchev–Trinajstić information content (AvgIpc) is 3.08. The summed E-state index contributed by atoms with van der Waals surface area (Å²) in [7, 11) is -3.05. The smallest absolute Gasteiger partial charge is 0.249 e. The predicted molar refractivity (Wildman–Crippen MR) is 103 cm³/mol. The van der Waals surface area contributed by atoms with Crippen LogP contribution in [0.5, 0.6) is 0 Å². The van der Waals surface area contributed by atoms with E-state index < -0.39 is 9.84 Å². The third-order valence-electron chi connectivity index (χ3n) is 4.04. The van der Waals surface area contributed by atoms with Crippen molar-refractivity contribution >= 4 is 50.8 Å². The van der Waals surface area contributed by atoms with Gasteiger partial charge in [0.15, 0.2) is 9.84 Å². The third kappa shape index (κ3) is 4.47. The van der Waals surface area contributed by atoms with E-state index in [1.807, 2.05) is 0 Å². The molecule has 0 radical (unpaired) electrons. The maximum absolute atomic E-state index is 12.2. The molecule has 26 heavy (non-hydrogen) atoms. The highest BCUT2D eigenvalue weighted by Crippen LogP contribution is 2.27. The van der Waals surface area contributed by atoms with Gasteiger partial charge < -0.3 is 5.32 Å². The number of carbonyl (C=O) groups is 1. The van der Waals surface area contributed by atoms with Gasteiger partial charge in [0.2, 0.25) is 5.91 Å². The Labute approximate surface area is 161 Å². The number of aryl methyl sites for hydroxylation is 1. The highest BCUT2D eigenvalue weighted by atomic mass is 35.5. The van der Waals surface area contributed by atoms with Crippen molar-refractivity contribution in [3.63, 3.8) is 0 Å². The number of sulfone groups is 1. The second-order valence-corrected chi connectivity index (χ2v) is 9.23. The summed E-state index contributed by atoms with van der Waals surface area (Å²) >= 11 is 11.9.